The van der Waals surface area contributed by atoms with E-state index in [1.165, 1.54) is 56.5 Å². The highest BCUT2D eigenvalue weighted by Gasteiger charge is 2.27. The van der Waals surface area contributed by atoms with Crippen LogP contribution in [0.4, 0.5) is 0 Å². The summed E-state index contributed by atoms with van der Waals surface area (Å²) < 4.78 is 0. The Balaban J connectivity index is 1.77. The molecule has 0 spiro atoms. The summed E-state index contributed by atoms with van der Waals surface area (Å²) in [6.07, 6.45) is 13.0. The molecule has 0 radical (unpaired) electrons. The van der Waals surface area contributed by atoms with Crippen molar-refractivity contribution in [3.05, 3.63) is 47.7 Å². The number of hydrogen-bond acceptors (Lipinski definition) is 1. The van der Waals surface area contributed by atoms with E-state index in [2.05, 4.69) is 62.4 Å². The van der Waals surface area contributed by atoms with Crippen molar-refractivity contribution in [1.29, 1.82) is 0 Å². The van der Waals surface area contributed by atoms with Crippen LogP contribution in [0.15, 0.2) is 36.5 Å². The number of hydrogen-bond donors (Lipinski definition) is 0. The van der Waals surface area contributed by atoms with Crippen LogP contribution in [0.3, 0.4) is 0 Å². The fourth-order valence-corrected chi connectivity index (χ4v) is 3.74. The molecule has 1 saturated heterocycles. The Labute approximate surface area is 155 Å². The summed E-state index contributed by atoms with van der Waals surface area (Å²) in [5.74, 6) is 5.00. The van der Waals surface area contributed by atoms with E-state index in [0.717, 1.165) is 23.8 Å². The molecule has 1 heteroatoms. The molecule has 0 aromatic heterocycles. The predicted octanol–water partition coefficient (Wildman–Crippen LogP) is 6.21. The van der Waals surface area contributed by atoms with Crippen LogP contribution in [0.25, 0.3) is 0 Å². The first kappa shape index (κ1) is 19.6. The van der Waals surface area contributed by atoms with E-state index >= 15 is 0 Å². The topological polar surface area (TPSA) is 3.24 Å². The van der Waals surface area contributed by atoms with Crippen molar-refractivity contribution in [2.45, 2.75) is 65.2 Å². The second-order valence-electron chi connectivity index (χ2n) is 8.10. The quantitative estimate of drug-likeness (QED) is 0.458. The van der Waals surface area contributed by atoms with Crippen LogP contribution in [-0.4, -0.2) is 18.0 Å². The molecule has 1 nitrogen and oxygen atoms in total. The maximum absolute atomic E-state index is 5.47. The maximum atomic E-state index is 5.47. The van der Waals surface area contributed by atoms with Crippen LogP contribution >= 0.6 is 0 Å². The first-order chi connectivity index (χ1) is 12.0. The van der Waals surface area contributed by atoms with Crippen molar-refractivity contribution in [3.8, 4) is 12.3 Å². The zero-order chi connectivity index (χ0) is 18.2. The smallest absolute Gasteiger partial charge is 0.0242 e. The van der Waals surface area contributed by atoms with E-state index in [4.69, 9.17) is 6.42 Å². The molecule has 1 fully saturated rings. The lowest BCUT2D eigenvalue weighted by Crippen LogP contribution is -2.45. The van der Waals surface area contributed by atoms with Crippen LogP contribution in [0.2, 0.25) is 0 Å². The Bertz CT molecular complexity index is 569. The van der Waals surface area contributed by atoms with Crippen molar-refractivity contribution in [2.75, 3.05) is 13.1 Å². The van der Waals surface area contributed by atoms with Gasteiger partial charge in [0.1, 0.15) is 0 Å². The van der Waals surface area contributed by atoms with Crippen molar-refractivity contribution in [2.24, 2.45) is 11.8 Å². The van der Waals surface area contributed by atoms with Crippen molar-refractivity contribution < 1.29 is 0 Å². The Morgan fingerprint density at radius 2 is 1.88 bits per heavy atom. The van der Waals surface area contributed by atoms with Gasteiger partial charge in [-0.15, -0.1) is 6.42 Å². The highest BCUT2D eigenvalue weighted by Crippen LogP contribution is 2.32. The van der Waals surface area contributed by atoms with Gasteiger partial charge < -0.3 is 4.90 Å². The molecule has 1 aliphatic rings. The third-order valence-corrected chi connectivity index (χ3v) is 5.52. The summed E-state index contributed by atoms with van der Waals surface area (Å²) in [6.45, 7) is 13.6. The molecule has 1 unspecified atom stereocenters. The van der Waals surface area contributed by atoms with Crippen molar-refractivity contribution in [1.82, 2.24) is 4.90 Å². The highest BCUT2D eigenvalue weighted by atomic mass is 15.2. The maximum Gasteiger partial charge on any atom is 0.0242 e. The SMILES string of the molecule is C#Cc1ccc(C(CCC)CCC2CN(C(=C)CCC(C)C)C2)cc1. The minimum Gasteiger partial charge on any atom is -0.375 e. The van der Waals surface area contributed by atoms with Gasteiger partial charge in [-0.25, -0.2) is 0 Å². The second-order valence-corrected chi connectivity index (χ2v) is 8.10. The van der Waals surface area contributed by atoms with Gasteiger partial charge in [0.15, 0.2) is 0 Å². The summed E-state index contributed by atoms with van der Waals surface area (Å²) in [5.41, 5.74) is 3.78. The van der Waals surface area contributed by atoms with Gasteiger partial charge in [-0.05, 0) is 67.6 Å². The summed E-state index contributed by atoms with van der Waals surface area (Å²) in [7, 11) is 0. The Morgan fingerprint density at radius 1 is 1.20 bits per heavy atom. The van der Waals surface area contributed by atoms with Crippen LogP contribution in [0, 0.1) is 24.2 Å². The standard InChI is InChI=1S/C24H35N/c1-6-8-23(24-14-11-21(7-2)12-15-24)16-13-22-17-25(18-22)20(5)10-9-19(3)4/h2,11-12,14-15,19,22-23H,5-6,8-10,13,16-18H2,1,3-4H3. The molecule has 0 aliphatic carbocycles. The van der Waals surface area contributed by atoms with Crippen LogP contribution < -0.4 is 0 Å². The molecule has 136 valence electrons. The van der Waals surface area contributed by atoms with Crippen LogP contribution in [-0.2, 0) is 0 Å². The first-order valence-corrected chi connectivity index (χ1v) is 10.0. The number of benzene rings is 1. The van der Waals surface area contributed by atoms with Gasteiger partial charge in [0, 0.05) is 24.4 Å². The summed E-state index contributed by atoms with van der Waals surface area (Å²) >= 11 is 0. The number of likely N-dealkylation sites (tertiary alicyclic amines) is 1. The summed E-state index contributed by atoms with van der Waals surface area (Å²) in [6, 6.07) is 8.64. The zero-order valence-electron chi connectivity index (χ0n) is 16.4. The molecule has 1 atom stereocenters. The van der Waals surface area contributed by atoms with Gasteiger partial charge in [0.05, 0.1) is 0 Å². The molecule has 0 saturated carbocycles. The molecule has 0 N–H and O–H groups in total. The summed E-state index contributed by atoms with van der Waals surface area (Å²) in [4.78, 5) is 2.49. The molecule has 25 heavy (non-hydrogen) atoms. The fraction of sp³-hybridized carbons (Fsp3) is 0.583. The predicted molar refractivity (Wildman–Crippen MR) is 110 cm³/mol. The molecular weight excluding hydrogens is 302 g/mol. The molecule has 1 aliphatic heterocycles. The molecule has 0 amide bonds. The minimum absolute atomic E-state index is 0.676. The first-order valence-electron chi connectivity index (χ1n) is 10.0. The third kappa shape index (κ3) is 5.96. The van der Waals surface area contributed by atoms with E-state index in [-0.39, 0.29) is 0 Å². The molecule has 0 bridgehead atoms. The zero-order valence-corrected chi connectivity index (χ0v) is 16.4. The number of rotatable bonds is 10. The average Bonchev–Trinajstić information content (AvgIpc) is 2.57. The van der Waals surface area contributed by atoms with E-state index < -0.39 is 0 Å². The van der Waals surface area contributed by atoms with Gasteiger partial charge in [-0.3, -0.25) is 0 Å². The lowest BCUT2D eigenvalue weighted by Gasteiger charge is -2.43. The number of nitrogens with zero attached hydrogens (tertiary/aromatic N) is 1. The van der Waals surface area contributed by atoms with E-state index in [9.17, 15) is 0 Å². The molecule has 2 rings (SSSR count). The van der Waals surface area contributed by atoms with Crippen molar-refractivity contribution >= 4 is 0 Å². The third-order valence-electron chi connectivity index (χ3n) is 5.52. The van der Waals surface area contributed by atoms with Crippen LogP contribution in [0.5, 0.6) is 0 Å². The van der Waals surface area contributed by atoms with Crippen molar-refractivity contribution in [3.63, 3.8) is 0 Å². The normalized spacial score (nSPS) is 15.7. The van der Waals surface area contributed by atoms with E-state index in [1.807, 2.05) is 0 Å². The molecule has 1 heterocycles. The minimum atomic E-state index is 0.676. The summed E-state index contributed by atoms with van der Waals surface area (Å²) in [5, 5.41) is 0. The van der Waals surface area contributed by atoms with Gasteiger partial charge in [-0.2, -0.15) is 0 Å². The van der Waals surface area contributed by atoms with E-state index in [0.29, 0.717) is 5.92 Å². The number of terminal acetylenes is 1. The fourth-order valence-electron chi connectivity index (χ4n) is 3.74. The lowest BCUT2D eigenvalue weighted by atomic mass is 9.84. The lowest BCUT2D eigenvalue weighted by molar-refractivity contribution is 0.125. The Morgan fingerprint density at radius 3 is 2.44 bits per heavy atom. The van der Waals surface area contributed by atoms with Crippen LogP contribution in [0.1, 0.15) is 76.3 Å². The van der Waals surface area contributed by atoms with Gasteiger partial charge in [0.2, 0.25) is 0 Å². The van der Waals surface area contributed by atoms with Gasteiger partial charge in [-0.1, -0.05) is 51.8 Å². The van der Waals surface area contributed by atoms with Gasteiger partial charge in [0.25, 0.3) is 0 Å². The van der Waals surface area contributed by atoms with E-state index in [1.54, 1.807) is 0 Å². The highest BCUT2D eigenvalue weighted by molar-refractivity contribution is 5.35. The number of allylic oxidation sites excluding steroid dienone is 1. The Hall–Kier alpha value is -1.68. The molecule has 1 aromatic carbocycles. The second kappa shape index (κ2) is 9.71. The van der Waals surface area contributed by atoms with Gasteiger partial charge >= 0.3 is 0 Å². The molecule has 1 aromatic rings. The largest absolute Gasteiger partial charge is 0.375 e. The Kier molecular flexibility index (Phi) is 7.63. The molecular formula is C24H35N. The monoisotopic (exact) mass is 337 g/mol. The average molecular weight is 338 g/mol.